The Morgan fingerprint density at radius 3 is 2.43 bits per heavy atom. The number of thiocarbonyl (C=S) groups is 1. The predicted molar refractivity (Wildman–Crippen MR) is 142 cm³/mol. The van der Waals surface area contributed by atoms with E-state index in [1.165, 1.54) is 4.90 Å². The summed E-state index contributed by atoms with van der Waals surface area (Å²) in [7, 11) is 1.90. The first-order chi connectivity index (χ1) is 16.6. The summed E-state index contributed by atoms with van der Waals surface area (Å²) in [5, 5.41) is 8.26. The summed E-state index contributed by atoms with van der Waals surface area (Å²) in [5.74, 6) is -0.499. The van der Waals surface area contributed by atoms with Crippen LogP contribution in [0.25, 0.3) is 0 Å². The normalized spacial score (nSPS) is 15.6. The number of carbonyl (C=O) groups is 2. The van der Waals surface area contributed by atoms with Gasteiger partial charge in [0.2, 0.25) is 5.91 Å². The largest absolute Gasteiger partial charge is 0.332 e. The quantitative estimate of drug-likeness (QED) is 0.421. The van der Waals surface area contributed by atoms with E-state index in [0.29, 0.717) is 17.3 Å². The summed E-state index contributed by atoms with van der Waals surface area (Å²) >= 11 is 5.86. The van der Waals surface area contributed by atoms with Crippen LogP contribution in [-0.4, -0.2) is 37.6 Å². The highest BCUT2D eigenvalue weighted by atomic mass is 32.1. The third kappa shape index (κ3) is 4.71. The van der Waals surface area contributed by atoms with E-state index >= 15 is 0 Å². The topological polar surface area (TPSA) is 70.5 Å². The van der Waals surface area contributed by atoms with Crippen LogP contribution in [0.5, 0.6) is 0 Å². The molecule has 0 spiro atoms. The first kappa shape index (κ1) is 24.6. The molecule has 0 radical (unpaired) electrons. The fourth-order valence-electron chi connectivity index (χ4n) is 4.61. The number of benzene rings is 2. The van der Waals surface area contributed by atoms with Gasteiger partial charge in [0.1, 0.15) is 6.04 Å². The zero-order chi connectivity index (χ0) is 25.4. The molecule has 0 aliphatic carbocycles. The fraction of sp³-hybridized carbons (Fsp3) is 0.333. The highest BCUT2D eigenvalue weighted by Gasteiger charge is 2.44. The summed E-state index contributed by atoms with van der Waals surface area (Å²) in [6, 6.07) is 12.8. The number of hydrogen-bond acceptors (Lipinski definition) is 4. The van der Waals surface area contributed by atoms with Gasteiger partial charge in [-0.15, -0.1) is 0 Å². The SMILES string of the molecule is Cc1ccc(NC(=S)N(Cc2c(C)nn(C)c2C)[C@H]2CC(=O)N(c3ccccc3C)C2=O)c(C)c1. The van der Waals surface area contributed by atoms with Gasteiger partial charge in [-0.3, -0.25) is 14.3 Å². The van der Waals surface area contributed by atoms with Gasteiger partial charge in [0.25, 0.3) is 5.91 Å². The Bertz CT molecular complexity index is 1330. The van der Waals surface area contributed by atoms with Crippen molar-refractivity contribution in [2.75, 3.05) is 10.2 Å². The van der Waals surface area contributed by atoms with Crippen LogP contribution < -0.4 is 10.2 Å². The number of anilines is 2. The predicted octanol–water partition coefficient (Wildman–Crippen LogP) is 4.49. The van der Waals surface area contributed by atoms with Gasteiger partial charge in [-0.25, -0.2) is 4.90 Å². The van der Waals surface area contributed by atoms with E-state index in [4.69, 9.17) is 12.2 Å². The van der Waals surface area contributed by atoms with E-state index in [1.807, 2.05) is 81.6 Å². The molecular weight excluding hydrogens is 458 g/mol. The molecule has 1 fully saturated rings. The zero-order valence-corrected chi connectivity index (χ0v) is 21.9. The molecule has 1 aliphatic rings. The zero-order valence-electron chi connectivity index (χ0n) is 21.0. The Labute approximate surface area is 211 Å². The average Bonchev–Trinajstić information content (AvgIpc) is 3.22. The lowest BCUT2D eigenvalue weighted by Gasteiger charge is -2.31. The van der Waals surface area contributed by atoms with Gasteiger partial charge in [0.15, 0.2) is 5.11 Å². The number of nitrogens with zero attached hydrogens (tertiary/aromatic N) is 4. The summed E-state index contributed by atoms with van der Waals surface area (Å²) in [6.45, 7) is 10.3. The minimum atomic E-state index is -0.716. The van der Waals surface area contributed by atoms with E-state index in [0.717, 1.165) is 39.3 Å². The Morgan fingerprint density at radius 2 is 1.80 bits per heavy atom. The lowest BCUT2D eigenvalue weighted by molar-refractivity contribution is -0.122. The monoisotopic (exact) mass is 489 g/mol. The molecule has 2 aromatic carbocycles. The number of imide groups is 1. The third-order valence-electron chi connectivity index (χ3n) is 6.73. The second-order valence-electron chi connectivity index (χ2n) is 9.22. The Hall–Kier alpha value is -3.52. The smallest absolute Gasteiger partial charge is 0.257 e. The molecule has 1 saturated heterocycles. The maximum absolute atomic E-state index is 13.7. The molecule has 0 unspecified atom stereocenters. The molecule has 7 nitrogen and oxygen atoms in total. The maximum atomic E-state index is 13.7. The van der Waals surface area contributed by atoms with Crippen molar-refractivity contribution in [1.82, 2.24) is 14.7 Å². The van der Waals surface area contributed by atoms with E-state index in [-0.39, 0.29) is 18.2 Å². The van der Waals surface area contributed by atoms with Gasteiger partial charge in [0, 0.05) is 30.5 Å². The van der Waals surface area contributed by atoms with Crippen molar-refractivity contribution in [3.63, 3.8) is 0 Å². The highest BCUT2D eigenvalue weighted by Crippen LogP contribution is 2.30. The molecule has 1 aromatic heterocycles. The van der Waals surface area contributed by atoms with Crippen LogP contribution in [0.2, 0.25) is 0 Å². The van der Waals surface area contributed by atoms with Gasteiger partial charge in [-0.2, -0.15) is 5.10 Å². The number of aromatic nitrogens is 2. The third-order valence-corrected chi connectivity index (χ3v) is 7.06. The molecule has 2 heterocycles. The van der Waals surface area contributed by atoms with Crippen molar-refractivity contribution >= 4 is 40.5 Å². The number of rotatable bonds is 5. The van der Waals surface area contributed by atoms with Crippen LogP contribution in [0.4, 0.5) is 11.4 Å². The molecule has 2 amide bonds. The van der Waals surface area contributed by atoms with Crippen LogP contribution in [0.1, 0.15) is 40.1 Å². The van der Waals surface area contributed by atoms with E-state index in [1.54, 1.807) is 6.07 Å². The molecule has 0 bridgehead atoms. The van der Waals surface area contributed by atoms with Gasteiger partial charge in [-0.1, -0.05) is 35.9 Å². The van der Waals surface area contributed by atoms with E-state index < -0.39 is 6.04 Å². The molecule has 3 aromatic rings. The Kier molecular flexibility index (Phi) is 6.76. The van der Waals surface area contributed by atoms with Crippen LogP contribution in [0.3, 0.4) is 0 Å². The Morgan fingerprint density at radius 1 is 1.09 bits per heavy atom. The van der Waals surface area contributed by atoms with Crippen molar-refractivity contribution in [3.05, 3.63) is 76.1 Å². The number of amides is 2. The lowest BCUT2D eigenvalue weighted by Crippen LogP contribution is -2.47. The first-order valence-corrected chi connectivity index (χ1v) is 12.1. The second-order valence-corrected chi connectivity index (χ2v) is 9.61. The molecule has 1 aliphatic heterocycles. The minimum absolute atomic E-state index is 0.0558. The Balaban J connectivity index is 1.71. The van der Waals surface area contributed by atoms with Crippen LogP contribution in [0.15, 0.2) is 42.5 Å². The van der Waals surface area contributed by atoms with Gasteiger partial charge in [0.05, 0.1) is 17.8 Å². The van der Waals surface area contributed by atoms with Crippen molar-refractivity contribution in [2.45, 2.75) is 53.6 Å². The summed E-state index contributed by atoms with van der Waals surface area (Å²) in [5.41, 5.74) is 7.43. The van der Waals surface area contributed by atoms with Crippen molar-refractivity contribution in [2.24, 2.45) is 7.05 Å². The number of para-hydroxylation sites is 1. The number of nitrogens with one attached hydrogen (secondary N) is 1. The van der Waals surface area contributed by atoms with Crippen molar-refractivity contribution < 1.29 is 9.59 Å². The fourth-order valence-corrected chi connectivity index (χ4v) is 4.91. The van der Waals surface area contributed by atoms with Crippen LogP contribution in [-0.2, 0) is 23.2 Å². The molecule has 8 heteroatoms. The lowest BCUT2D eigenvalue weighted by atomic mass is 10.1. The molecule has 1 atom stereocenters. The van der Waals surface area contributed by atoms with Crippen molar-refractivity contribution in [3.8, 4) is 0 Å². The molecule has 0 saturated carbocycles. The minimum Gasteiger partial charge on any atom is -0.332 e. The second kappa shape index (κ2) is 9.62. The molecular formula is C27H31N5O2S. The molecule has 1 N–H and O–H groups in total. The molecule has 4 rings (SSSR count). The van der Waals surface area contributed by atoms with Gasteiger partial charge in [-0.05, 0) is 70.1 Å². The van der Waals surface area contributed by atoms with Gasteiger partial charge >= 0.3 is 0 Å². The summed E-state index contributed by atoms with van der Waals surface area (Å²) in [6.07, 6.45) is 0.0558. The average molecular weight is 490 g/mol. The van der Waals surface area contributed by atoms with E-state index in [9.17, 15) is 9.59 Å². The summed E-state index contributed by atoms with van der Waals surface area (Å²) in [4.78, 5) is 30.0. The maximum Gasteiger partial charge on any atom is 0.257 e. The number of aryl methyl sites for hydroxylation is 5. The van der Waals surface area contributed by atoms with Crippen LogP contribution in [0, 0.1) is 34.6 Å². The number of hydrogen-bond donors (Lipinski definition) is 1. The molecule has 35 heavy (non-hydrogen) atoms. The number of carbonyl (C=O) groups excluding carboxylic acids is 2. The van der Waals surface area contributed by atoms with Crippen molar-refractivity contribution in [1.29, 1.82) is 0 Å². The standard InChI is InChI=1S/C27H31N5O2S/c1-16-11-12-22(18(3)13-16)28-27(35)31(15-21-19(4)29-30(6)20(21)5)24-14-25(33)32(26(24)34)23-10-8-7-9-17(23)2/h7-13,24H,14-15H2,1-6H3,(H,28,35)/t24-/m0/s1. The van der Waals surface area contributed by atoms with Crippen LogP contribution >= 0.6 is 12.2 Å². The van der Waals surface area contributed by atoms with E-state index in [2.05, 4.69) is 16.5 Å². The highest BCUT2D eigenvalue weighted by molar-refractivity contribution is 7.80. The van der Waals surface area contributed by atoms with Gasteiger partial charge < -0.3 is 10.2 Å². The summed E-state index contributed by atoms with van der Waals surface area (Å²) < 4.78 is 1.82. The first-order valence-electron chi connectivity index (χ1n) is 11.6. The molecule has 182 valence electrons.